The minimum absolute atomic E-state index is 0.00101. The number of benzene rings is 1. The van der Waals surface area contributed by atoms with Gasteiger partial charge < -0.3 is 9.73 Å². The average molecular weight is 367 g/mol. The van der Waals surface area contributed by atoms with Crippen LogP contribution in [0.25, 0.3) is 11.5 Å². The number of nitrogens with zero attached hydrogens (tertiary/aromatic N) is 2. The van der Waals surface area contributed by atoms with Gasteiger partial charge in [0.2, 0.25) is 11.8 Å². The van der Waals surface area contributed by atoms with Crippen LogP contribution in [0, 0.1) is 13.8 Å². The zero-order valence-corrected chi connectivity index (χ0v) is 15.7. The number of pyridine rings is 1. The summed E-state index contributed by atoms with van der Waals surface area (Å²) < 4.78 is 5.79. The summed E-state index contributed by atoms with van der Waals surface area (Å²) >= 11 is 1.53. The van der Waals surface area contributed by atoms with Crippen LogP contribution in [0.2, 0.25) is 0 Å². The summed E-state index contributed by atoms with van der Waals surface area (Å²) in [4.78, 5) is 20.6. The first-order valence-electron chi connectivity index (χ1n) is 8.38. The molecule has 0 saturated heterocycles. The van der Waals surface area contributed by atoms with Crippen molar-refractivity contribution in [2.45, 2.75) is 26.1 Å². The molecule has 5 nitrogen and oxygen atoms in total. The number of carbonyl (C=O) groups is 1. The van der Waals surface area contributed by atoms with Gasteiger partial charge in [-0.05, 0) is 37.6 Å². The Balaban J connectivity index is 1.50. The van der Waals surface area contributed by atoms with E-state index in [1.54, 1.807) is 12.4 Å². The van der Waals surface area contributed by atoms with Crippen LogP contribution < -0.4 is 5.32 Å². The van der Waals surface area contributed by atoms with Crippen molar-refractivity contribution in [3.8, 4) is 11.5 Å². The topological polar surface area (TPSA) is 68.0 Å². The molecule has 0 atom stereocenters. The molecule has 0 aliphatic carbocycles. The highest BCUT2D eigenvalue weighted by Gasteiger charge is 2.12. The quantitative estimate of drug-likeness (QED) is 0.686. The molecular weight excluding hydrogens is 346 g/mol. The Morgan fingerprint density at radius 3 is 2.88 bits per heavy atom. The predicted molar refractivity (Wildman–Crippen MR) is 104 cm³/mol. The fraction of sp³-hybridized carbons (Fsp3) is 0.250. The molecule has 0 unspecified atom stereocenters. The van der Waals surface area contributed by atoms with Crippen molar-refractivity contribution < 1.29 is 9.21 Å². The standard InChI is InChI=1S/C20H21N3O2S/c1-14-5-3-7-17(9-14)20-23-18(15(2)25-20)12-26-13-19(24)22-11-16-6-4-8-21-10-16/h3-10H,11-13H2,1-2H3,(H,22,24). The lowest BCUT2D eigenvalue weighted by Crippen LogP contribution is -2.24. The monoisotopic (exact) mass is 367 g/mol. The van der Waals surface area contributed by atoms with Gasteiger partial charge in [0.1, 0.15) is 5.76 Å². The number of rotatable bonds is 7. The van der Waals surface area contributed by atoms with Crippen molar-refractivity contribution >= 4 is 17.7 Å². The van der Waals surface area contributed by atoms with Crippen molar-refractivity contribution in [3.05, 3.63) is 71.4 Å². The first-order chi connectivity index (χ1) is 12.6. The van der Waals surface area contributed by atoms with Gasteiger partial charge in [-0.15, -0.1) is 11.8 Å². The molecular formula is C20H21N3O2S. The van der Waals surface area contributed by atoms with Gasteiger partial charge in [-0.3, -0.25) is 9.78 Å². The lowest BCUT2D eigenvalue weighted by Gasteiger charge is -2.04. The van der Waals surface area contributed by atoms with E-state index in [-0.39, 0.29) is 5.91 Å². The molecule has 0 aliphatic rings. The molecule has 1 aromatic carbocycles. The van der Waals surface area contributed by atoms with Gasteiger partial charge in [0.15, 0.2) is 0 Å². The van der Waals surface area contributed by atoms with Crippen molar-refractivity contribution in [1.82, 2.24) is 15.3 Å². The van der Waals surface area contributed by atoms with E-state index in [0.717, 1.165) is 22.6 Å². The minimum atomic E-state index is -0.00101. The summed E-state index contributed by atoms with van der Waals surface area (Å²) in [7, 11) is 0. The largest absolute Gasteiger partial charge is 0.441 e. The van der Waals surface area contributed by atoms with Crippen LogP contribution >= 0.6 is 11.8 Å². The summed E-state index contributed by atoms with van der Waals surface area (Å²) in [6, 6.07) is 11.9. The zero-order chi connectivity index (χ0) is 18.4. The van der Waals surface area contributed by atoms with Gasteiger partial charge in [0.25, 0.3) is 0 Å². The van der Waals surface area contributed by atoms with Crippen LogP contribution in [-0.4, -0.2) is 21.6 Å². The number of nitrogens with one attached hydrogen (secondary N) is 1. The molecule has 6 heteroatoms. The van der Waals surface area contributed by atoms with Crippen LogP contribution in [0.1, 0.15) is 22.6 Å². The van der Waals surface area contributed by atoms with E-state index >= 15 is 0 Å². The molecule has 3 rings (SSSR count). The summed E-state index contributed by atoms with van der Waals surface area (Å²) in [6.45, 7) is 4.44. The molecule has 3 aromatic rings. The Labute approximate surface area is 157 Å². The maximum absolute atomic E-state index is 12.0. The first kappa shape index (κ1) is 18.2. The van der Waals surface area contributed by atoms with Crippen LogP contribution in [0.3, 0.4) is 0 Å². The van der Waals surface area contributed by atoms with Gasteiger partial charge in [0.05, 0.1) is 11.4 Å². The van der Waals surface area contributed by atoms with Crippen molar-refractivity contribution in [1.29, 1.82) is 0 Å². The molecule has 2 heterocycles. The van der Waals surface area contributed by atoms with Crippen LogP contribution in [0.5, 0.6) is 0 Å². The summed E-state index contributed by atoms with van der Waals surface area (Å²) in [5, 5.41) is 2.89. The van der Waals surface area contributed by atoms with Crippen molar-refractivity contribution in [3.63, 3.8) is 0 Å². The molecule has 0 saturated carbocycles. The molecule has 2 aromatic heterocycles. The zero-order valence-electron chi connectivity index (χ0n) is 14.9. The van der Waals surface area contributed by atoms with E-state index < -0.39 is 0 Å². The normalized spacial score (nSPS) is 10.7. The minimum Gasteiger partial charge on any atom is -0.441 e. The highest BCUT2D eigenvalue weighted by atomic mass is 32.2. The van der Waals surface area contributed by atoms with E-state index in [4.69, 9.17) is 4.42 Å². The number of aryl methyl sites for hydroxylation is 2. The van der Waals surface area contributed by atoms with Gasteiger partial charge >= 0.3 is 0 Å². The van der Waals surface area contributed by atoms with Crippen LogP contribution in [0.15, 0.2) is 53.2 Å². The summed E-state index contributed by atoms with van der Waals surface area (Å²) in [5.41, 5.74) is 4.01. The third-order valence-corrected chi connectivity index (χ3v) is 4.79. The van der Waals surface area contributed by atoms with Crippen LogP contribution in [0.4, 0.5) is 0 Å². The number of amides is 1. The Bertz CT molecular complexity index is 878. The molecule has 0 bridgehead atoms. The van der Waals surface area contributed by atoms with Gasteiger partial charge in [0, 0.05) is 30.3 Å². The Morgan fingerprint density at radius 1 is 1.23 bits per heavy atom. The molecule has 26 heavy (non-hydrogen) atoms. The number of hydrogen-bond donors (Lipinski definition) is 1. The number of thioether (sulfide) groups is 1. The Hall–Kier alpha value is -2.60. The lowest BCUT2D eigenvalue weighted by atomic mass is 10.1. The molecule has 1 N–H and O–H groups in total. The molecule has 0 fully saturated rings. The van der Waals surface area contributed by atoms with E-state index in [1.807, 2.05) is 50.2 Å². The second-order valence-corrected chi connectivity index (χ2v) is 7.01. The molecule has 0 spiro atoms. The van der Waals surface area contributed by atoms with Gasteiger partial charge in [-0.25, -0.2) is 4.98 Å². The number of carbonyl (C=O) groups excluding carboxylic acids is 1. The second-order valence-electron chi connectivity index (χ2n) is 6.02. The molecule has 0 aliphatic heterocycles. The summed E-state index contributed by atoms with van der Waals surface area (Å²) in [6.07, 6.45) is 3.46. The lowest BCUT2D eigenvalue weighted by molar-refractivity contribution is -0.118. The number of oxazole rings is 1. The number of hydrogen-bond acceptors (Lipinski definition) is 5. The summed E-state index contributed by atoms with van der Waals surface area (Å²) in [5.74, 6) is 2.44. The van der Waals surface area contributed by atoms with Gasteiger partial charge in [-0.1, -0.05) is 23.8 Å². The van der Waals surface area contributed by atoms with Crippen molar-refractivity contribution in [2.75, 3.05) is 5.75 Å². The smallest absolute Gasteiger partial charge is 0.230 e. The van der Waals surface area contributed by atoms with Crippen LogP contribution in [-0.2, 0) is 17.1 Å². The van der Waals surface area contributed by atoms with E-state index in [0.29, 0.717) is 23.9 Å². The molecule has 134 valence electrons. The van der Waals surface area contributed by atoms with E-state index in [1.165, 1.54) is 17.3 Å². The third-order valence-electron chi connectivity index (χ3n) is 3.84. The fourth-order valence-electron chi connectivity index (χ4n) is 2.46. The number of aromatic nitrogens is 2. The highest BCUT2D eigenvalue weighted by molar-refractivity contribution is 7.99. The molecule has 0 radical (unpaired) electrons. The Kier molecular flexibility index (Phi) is 6.07. The fourth-order valence-corrected chi connectivity index (χ4v) is 3.31. The highest BCUT2D eigenvalue weighted by Crippen LogP contribution is 2.24. The maximum Gasteiger partial charge on any atom is 0.230 e. The maximum atomic E-state index is 12.0. The SMILES string of the molecule is Cc1cccc(-c2nc(CSCC(=O)NCc3cccnc3)c(C)o2)c1. The predicted octanol–water partition coefficient (Wildman–Crippen LogP) is 3.90. The van der Waals surface area contributed by atoms with E-state index in [9.17, 15) is 4.79 Å². The van der Waals surface area contributed by atoms with Crippen molar-refractivity contribution in [2.24, 2.45) is 0 Å². The molecule has 1 amide bonds. The second kappa shape index (κ2) is 8.67. The Morgan fingerprint density at radius 2 is 2.12 bits per heavy atom. The third kappa shape index (κ3) is 4.95. The average Bonchev–Trinajstić information content (AvgIpc) is 3.02. The van der Waals surface area contributed by atoms with E-state index in [2.05, 4.69) is 15.3 Å². The van der Waals surface area contributed by atoms with Gasteiger partial charge in [-0.2, -0.15) is 0 Å². The first-order valence-corrected chi connectivity index (χ1v) is 9.54.